The van der Waals surface area contributed by atoms with Gasteiger partial charge >= 0.3 is 6.18 Å². The largest absolute Gasteiger partial charge is 0.435 e. The monoisotopic (exact) mass is 572 g/mol. The van der Waals surface area contributed by atoms with Crippen LogP contribution in [0, 0.1) is 6.92 Å². The van der Waals surface area contributed by atoms with Gasteiger partial charge < -0.3 is 4.74 Å². The molecular formula is C24H27F3N4O5S2. The Balaban J connectivity index is 1.62. The summed E-state index contributed by atoms with van der Waals surface area (Å²) in [6, 6.07) is 14.6. The molecule has 0 spiro atoms. The molecule has 0 saturated heterocycles. The Bertz CT molecular complexity index is 1330. The first-order chi connectivity index (χ1) is 17.9. The van der Waals surface area contributed by atoms with Crippen LogP contribution in [0.3, 0.4) is 0 Å². The third-order valence-electron chi connectivity index (χ3n) is 5.36. The fourth-order valence-corrected chi connectivity index (χ4v) is 4.36. The lowest BCUT2D eigenvalue weighted by Gasteiger charge is -2.16. The highest BCUT2D eigenvalue weighted by atomic mass is 32.2. The lowest BCUT2D eigenvalue weighted by atomic mass is 10.1. The number of alkyl halides is 3. The maximum Gasteiger partial charge on any atom is 0.435 e. The zero-order valence-electron chi connectivity index (χ0n) is 20.5. The molecule has 0 bridgehead atoms. The van der Waals surface area contributed by atoms with Gasteiger partial charge in [-0.25, -0.2) is 4.68 Å². The molecule has 1 unspecified atom stereocenters. The SMILES string of the molecule is COC(CCC(=O)NSc1ccc(-n2nc(C(F)(F)F)cc2-c2ccc(C)cc2)cc1)NCCS(=O)(=O)O. The molecule has 9 nitrogen and oxygen atoms in total. The highest BCUT2D eigenvalue weighted by molar-refractivity contribution is 7.98. The number of aromatic nitrogens is 2. The van der Waals surface area contributed by atoms with Crippen molar-refractivity contribution in [2.75, 3.05) is 19.4 Å². The molecule has 0 saturated carbocycles. The predicted octanol–water partition coefficient (Wildman–Crippen LogP) is 4.22. The smallest absolute Gasteiger partial charge is 0.367 e. The summed E-state index contributed by atoms with van der Waals surface area (Å²) in [5.74, 6) is -0.783. The Kier molecular flexibility index (Phi) is 9.95. The molecule has 38 heavy (non-hydrogen) atoms. The molecule has 3 aromatic rings. The summed E-state index contributed by atoms with van der Waals surface area (Å²) in [7, 11) is -2.70. The minimum Gasteiger partial charge on any atom is -0.367 e. The number of carbonyl (C=O) groups excluding carboxylic acids is 1. The summed E-state index contributed by atoms with van der Waals surface area (Å²) in [5, 5.41) is 6.57. The number of halogens is 3. The third-order valence-corrected chi connectivity index (χ3v) is 6.92. The number of nitrogens with one attached hydrogen (secondary N) is 2. The van der Waals surface area contributed by atoms with Crippen LogP contribution in [0.1, 0.15) is 24.1 Å². The Hall–Kier alpha value is -2.91. The number of aryl methyl sites for hydroxylation is 1. The maximum atomic E-state index is 13.4. The van der Waals surface area contributed by atoms with Crippen LogP contribution >= 0.6 is 11.9 Å². The fraction of sp³-hybridized carbons (Fsp3) is 0.333. The molecule has 14 heteroatoms. The second-order valence-corrected chi connectivity index (χ2v) is 10.8. The van der Waals surface area contributed by atoms with Gasteiger partial charge in [-0.1, -0.05) is 29.8 Å². The Morgan fingerprint density at radius 3 is 2.39 bits per heavy atom. The highest BCUT2D eigenvalue weighted by Gasteiger charge is 2.35. The average Bonchev–Trinajstić information content (AvgIpc) is 3.31. The number of ether oxygens (including phenoxy) is 1. The van der Waals surface area contributed by atoms with E-state index in [1.165, 1.54) is 11.8 Å². The molecule has 0 fully saturated rings. The van der Waals surface area contributed by atoms with Gasteiger partial charge in [0.05, 0.1) is 17.1 Å². The number of nitrogens with zero attached hydrogens (tertiary/aromatic N) is 2. The van der Waals surface area contributed by atoms with E-state index in [1.54, 1.807) is 36.4 Å². The van der Waals surface area contributed by atoms with Crippen LogP contribution in [-0.4, -0.2) is 54.3 Å². The summed E-state index contributed by atoms with van der Waals surface area (Å²) < 4.78 is 79.6. The third kappa shape index (κ3) is 8.84. The quantitative estimate of drug-likeness (QED) is 0.168. The Morgan fingerprint density at radius 1 is 1.16 bits per heavy atom. The van der Waals surface area contributed by atoms with E-state index in [2.05, 4.69) is 15.1 Å². The van der Waals surface area contributed by atoms with Gasteiger partial charge in [-0.2, -0.15) is 26.7 Å². The van der Waals surface area contributed by atoms with Gasteiger partial charge in [0.2, 0.25) is 5.91 Å². The summed E-state index contributed by atoms with van der Waals surface area (Å²) in [6.45, 7) is 1.85. The number of hydrogen-bond donors (Lipinski definition) is 3. The maximum absolute atomic E-state index is 13.4. The van der Waals surface area contributed by atoms with Crippen molar-refractivity contribution in [2.45, 2.75) is 37.1 Å². The van der Waals surface area contributed by atoms with Crippen LogP contribution in [0.5, 0.6) is 0 Å². The van der Waals surface area contributed by atoms with Gasteiger partial charge in [0.1, 0.15) is 6.23 Å². The van der Waals surface area contributed by atoms with E-state index < -0.39 is 34.0 Å². The number of hydrogen-bond acceptors (Lipinski definition) is 7. The Labute approximate surface area is 222 Å². The van der Waals surface area contributed by atoms with Crippen molar-refractivity contribution < 1.29 is 35.7 Å². The normalized spacial score (nSPS) is 12.9. The van der Waals surface area contributed by atoms with E-state index in [4.69, 9.17) is 9.29 Å². The van der Waals surface area contributed by atoms with Gasteiger partial charge in [-0.05, 0) is 55.6 Å². The molecule has 0 aliphatic carbocycles. The number of carbonyl (C=O) groups is 1. The highest BCUT2D eigenvalue weighted by Crippen LogP contribution is 2.33. The van der Waals surface area contributed by atoms with E-state index in [9.17, 15) is 26.4 Å². The summed E-state index contributed by atoms with van der Waals surface area (Å²) >= 11 is 1.04. The summed E-state index contributed by atoms with van der Waals surface area (Å²) in [4.78, 5) is 12.9. The van der Waals surface area contributed by atoms with Crippen LogP contribution in [0.15, 0.2) is 59.5 Å². The lowest BCUT2D eigenvalue weighted by molar-refractivity contribution is -0.141. The van der Waals surface area contributed by atoms with E-state index in [0.29, 0.717) is 21.8 Å². The van der Waals surface area contributed by atoms with Crippen molar-refractivity contribution in [2.24, 2.45) is 0 Å². The number of benzene rings is 2. The molecule has 1 atom stereocenters. The molecule has 0 radical (unpaired) electrons. The molecule has 1 amide bonds. The van der Waals surface area contributed by atoms with Crippen molar-refractivity contribution >= 4 is 28.0 Å². The molecule has 1 heterocycles. The number of amides is 1. The van der Waals surface area contributed by atoms with E-state index in [0.717, 1.165) is 23.6 Å². The van der Waals surface area contributed by atoms with Crippen molar-refractivity contribution in [3.8, 4) is 16.9 Å². The van der Waals surface area contributed by atoms with Crippen molar-refractivity contribution in [3.05, 3.63) is 65.9 Å². The van der Waals surface area contributed by atoms with Crippen molar-refractivity contribution in [1.29, 1.82) is 0 Å². The van der Waals surface area contributed by atoms with Gasteiger partial charge in [-0.15, -0.1) is 0 Å². The van der Waals surface area contributed by atoms with E-state index in [1.807, 2.05) is 19.1 Å². The predicted molar refractivity (Wildman–Crippen MR) is 137 cm³/mol. The zero-order valence-corrected chi connectivity index (χ0v) is 22.2. The second kappa shape index (κ2) is 12.8. The molecule has 3 rings (SSSR count). The minimum atomic E-state index is -4.60. The first-order valence-electron chi connectivity index (χ1n) is 11.4. The van der Waals surface area contributed by atoms with Crippen LogP contribution in [0.4, 0.5) is 13.2 Å². The number of methoxy groups -OCH3 is 1. The zero-order chi connectivity index (χ0) is 27.9. The van der Waals surface area contributed by atoms with Gasteiger partial charge in [0.25, 0.3) is 10.1 Å². The van der Waals surface area contributed by atoms with Crippen LogP contribution in [0.25, 0.3) is 16.9 Å². The number of rotatable bonds is 12. The van der Waals surface area contributed by atoms with Gasteiger partial charge in [0.15, 0.2) is 5.69 Å². The molecule has 3 N–H and O–H groups in total. The molecule has 1 aromatic heterocycles. The molecule has 206 valence electrons. The second-order valence-electron chi connectivity index (χ2n) is 8.31. The molecular weight excluding hydrogens is 545 g/mol. The molecule has 0 aliphatic rings. The summed E-state index contributed by atoms with van der Waals surface area (Å²) in [6.07, 6.45) is -4.84. The minimum absolute atomic E-state index is 0.0353. The Morgan fingerprint density at radius 2 is 1.82 bits per heavy atom. The van der Waals surface area contributed by atoms with Crippen molar-refractivity contribution in [3.63, 3.8) is 0 Å². The summed E-state index contributed by atoms with van der Waals surface area (Å²) in [5.41, 5.74) is 1.28. The van der Waals surface area contributed by atoms with Crippen molar-refractivity contribution in [1.82, 2.24) is 19.8 Å². The van der Waals surface area contributed by atoms with Crippen LogP contribution in [0.2, 0.25) is 0 Å². The van der Waals surface area contributed by atoms with E-state index >= 15 is 0 Å². The van der Waals surface area contributed by atoms with Gasteiger partial charge in [0, 0.05) is 30.5 Å². The van der Waals surface area contributed by atoms with Gasteiger partial charge in [-0.3, -0.25) is 19.4 Å². The average molecular weight is 573 g/mol. The first kappa shape index (κ1) is 29.6. The van der Waals surface area contributed by atoms with E-state index in [-0.39, 0.29) is 25.3 Å². The first-order valence-corrected chi connectivity index (χ1v) is 13.8. The molecule has 0 aliphatic heterocycles. The lowest BCUT2D eigenvalue weighted by Crippen LogP contribution is -2.35. The standard InChI is InChI=1S/C24H27F3N4O5S2/c1-16-3-5-17(6-4-16)20-15-21(24(25,26)27)29-31(20)18-7-9-19(10-8-18)37-30-22(32)11-12-23(36-2)28-13-14-38(33,34)35/h3-10,15,23,28H,11-14H2,1-2H3,(H,30,32)(H,33,34,35). The van der Waals surface area contributed by atoms with Crippen LogP contribution in [-0.2, 0) is 25.8 Å². The fourth-order valence-electron chi connectivity index (χ4n) is 3.38. The van der Waals surface area contributed by atoms with Crippen LogP contribution < -0.4 is 10.0 Å². The topological polar surface area (TPSA) is 123 Å². The molecule has 2 aromatic carbocycles.